The number of nitrogens with one attached hydrogen (secondary N) is 1. The molecule has 1 unspecified atom stereocenters. The molecule has 244 valence electrons. The van der Waals surface area contributed by atoms with Gasteiger partial charge in [-0.15, -0.1) is 0 Å². The van der Waals surface area contributed by atoms with Gasteiger partial charge in [-0.05, 0) is 93.0 Å². The van der Waals surface area contributed by atoms with Crippen LogP contribution in [0.5, 0.6) is 0 Å². The van der Waals surface area contributed by atoms with Gasteiger partial charge in [-0.3, -0.25) is 9.69 Å². The van der Waals surface area contributed by atoms with Crippen LogP contribution in [0.1, 0.15) is 72.8 Å². The van der Waals surface area contributed by atoms with E-state index in [0.717, 1.165) is 41.8 Å². The average molecular weight is 669 g/mol. The van der Waals surface area contributed by atoms with E-state index < -0.39 is 23.7 Å². The van der Waals surface area contributed by atoms with Crippen LogP contribution >= 0.6 is 23.2 Å². The van der Waals surface area contributed by atoms with Gasteiger partial charge in [0.2, 0.25) is 5.91 Å². The normalized spacial score (nSPS) is 19.5. The van der Waals surface area contributed by atoms with Crippen molar-refractivity contribution < 1.29 is 18.7 Å². The first-order valence-corrected chi connectivity index (χ1v) is 16.6. The number of imidazole rings is 1. The number of rotatable bonds is 9. The molecule has 0 radical (unpaired) electrons. The lowest BCUT2D eigenvalue weighted by molar-refractivity contribution is -0.121. The molecular weight excluding hydrogens is 628 g/mol. The number of aromatic nitrogens is 3. The van der Waals surface area contributed by atoms with Crippen molar-refractivity contribution in [3.8, 4) is 0 Å². The summed E-state index contributed by atoms with van der Waals surface area (Å²) in [5.74, 6) is -0.281. The first kappa shape index (κ1) is 33.8. The second-order valence-electron chi connectivity index (χ2n) is 11.8. The highest BCUT2D eigenvalue weighted by Crippen LogP contribution is 2.44. The zero-order valence-corrected chi connectivity index (χ0v) is 28.3. The Labute approximate surface area is 279 Å². The molecule has 2 aromatic heterocycles. The number of methoxy groups -OCH3 is 1. The van der Waals surface area contributed by atoms with Crippen molar-refractivity contribution in [2.75, 3.05) is 19.0 Å². The minimum Gasteiger partial charge on any atom is -0.465 e. The molecule has 1 N–H and O–H groups in total. The smallest absolute Gasteiger partial charge is 0.338 e. The molecule has 0 spiro atoms. The van der Waals surface area contributed by atoms with Gasteiger partial charge in [0, 0.05) is 42.0 Å². The molecule has 1 aliphatic carbocycles. The number of hydrogen-bond acceptors (Lipinski definition) is 6. The van der Waals surface area contributed by atoms with Gasteiger partial charge in [-0.2, -0.15) is 0 Å². The maximum Gasteiger partial charge on any atom is 0.338 e. The molecule has 11 heteroatoms. The number of likely N-dealkylation sites (tertiary alicyclic amines) is 1. The number of halogens is 3. The Morgan fingerprint density at radius 3 is 2.57 bits per heavy atom. The molecule has 4 aromatic rings. The van der Waals surface area contributed by atoms with Crippen LogP contribution in [0.15, 0.2) is 48.7 Å². The summed E-state index contributed by atoms with van der Waals surface area (Å²) in [5.41, 5.74) is 3.94. The summed E-state index contributed by atoms with van der Waals surface area (Å²) < 4.78 is 22.6. The number of pyridine rings is 1. The molecule has 3 atom stereocenters. The molecule has 1 saturated heterocycles. The Bertz CT molecular complexity index is 1740. The zero-order valence-electron chi connectivity index (χ0n) is 26.8. The number of carbonyl (C=O) groups excluding carboxylic acids is 2. The topological polar surface area (TPSA) is 89.3 Å². The second-order valence-corrected chi connectivity index (χ2v) is 12.6. The predicted octanol–water partition coefficient (Wildman–Crippen LogP) is 7.97. The number of hydrogen-bond donors (Lipinski definition) is 1. The van der Waals surface area contributed by atoms with Crippen LogP contribution in [0, 0.1) is 25.6 Å². The van der Waals surface area contributed by atoms with Crippen LogP contribution < -0.4 is 5.32 Å². The molecule has 2 aromatic carbocycles. The quantitative estimate of drug-likeness (QED) is 0.144. The number of nitrogens with zero attached hydrogens (tertiary/aromatic N) is 4. The fourth-order valence-electron chi connectivity index (χ4n) is 6.62. The van der Waals surface area contributed by atoms with E-state index in [0.29, 0.717) is 47.1 Å². The van der Waals surface area contributed by atoms with Crippen molar-refractivity contribution in [3.05, 3.63) is 87.2 Å². The van der Waals surface area contributed by atoms with Crippen LogP contribution in [-0.2, 0) is 16.1 Å². The monoisotopic (exact) mass is 667 g/mol. The minimum absolute atomic E-state index is 0.00524. The van der Waals surface area contributed by atoms with Gasteiger partial charge >= 0.3 is 5.97 Å². The van der Waals surface area contributed by atoms with Crippen molar-refractivity contribution in [1.82, 2.24) is 19.4 Å². The van der Waals surface area contributed by atoms with Crippen molar-refractivity contribution in [2.24, 2.45) is 5.92 Å². The fourth-order valence-corrected chi connectivity index (χ4v) is 6.98. The maximum absolute atomic E-state index is 15.5. The number of amides is 1. The van der Waals surface area contributed by atoms with E-state index in [-0.39, 0.29) is 17.1 Å². The fraction of sp³-hybridized carbons (Fsp3) is 0.429. The molecule has 46 heavy (non-hydrogen) atoms. The summed E-state index contributed by atoms with van der Waals surface area (Å²) in [5, 5.41) is 3.36. The number of aryl methyl sites for hydroxylation is 3. The molecule has 3 heterocycles. The third kappa shape index (κ3) is 6.92. The summed E-state index contributed by atoms with van der Waals surface area (Å²) in [6.07, 6.45) is 5.01. The molecule has 8 nitrogen and oxygen atoms in total. The van der Waals surface area contributed by atoms with Gasteiger partial charge in [0.1, 0.15) is 5.82 Å². The largest absolute Gasteiger partial charge is 0.465 e. The van der Waals surface area contributed by atoms with Crippen molar-refractivity contribution in [1.29, 1.82) is 0 Å². The molecule has 0 bridgehead atoms. The Morgan fingerprint density at radius 1 is 1.11 bits per heavy atom. The number of benzene rings is 2. The summed E-state index contributed by atoms with van der Waals surface area (Å²) in [7, 11) is 1.37. The van der Waals surface area contributed by atoms with E-state index in [4.69, 9.17) is 32.9 Å². The van der Waals surface area contributed by atoms with E-state index in [1.54, 1.807) is 36.4 Å². The Balaban J connectivity index is 0.00000204. The van der Waals surface area contributed by atoms with Gasteiger partial charge in [0.05, 0.1) is 29.7 Å². The molecule has 1 aliphatic heterocycles. The maximum atomic E-state index is 15.5. The third-order valence-corrected chi connectivity index (χ3v) is 9.49. The summed E-state index contributed by atoms with van der Waals surface area (Å²) in [6.45, 7) is 9.22. The predicted molar refractivity (Wildman–Crippen MR) is 180 cm³/mol. The van der Waals surface area contributed by atoms with Crippen LogP contribution in [0.25, 0.3) is 11.0 Å². The zero-order chi connectivity index (χ0) is 33.1. The first-order chi connectivity index (χ1) is 22.2. The first-order valence-electron chi connectivity index (χ1n) is 15.8. The van der Waals surface area contributed by atoms with E-state index in [1.165, 1.54) is 13.3 Å². The molecular formula is C35H40Cl2FN5O3. The standard InChI is InChI=1S/C33H34Cl2FN5O3.C2H6/c1-18-24(33(43)44-3)9-10-27-29(18)38-19(2)40(27)14-12-23-16-26(25-11-13-37-31(35)28(25)36)30(41(23)17-20-7-8-20)32(42)39-22-6-4-5-21(34)15-22;1-2/h4-6,9-11,13,15,20,23,26,30H,7-8,12,14,16-17H2,1-3H3,(H,39,42);1-2H3/t23-,26?,30+;/m0./s1. The van der Waals surface area contributed by atoms with E-state index >= 15 is 4.39 Å². The van der Waals surface area contributed by atoms with Crippen molar-refractivity contribution in [3.63, 3.8) is 0 Å². The van der Waals surface area contributed by atoms with E-state index in [1.807, 2.05) is 33.8 Å². The van der Waals surface area contributed by atoms with Gasteiger partial charge in [0.15, 0.2) is 11.0 Å². The lowest BCUT2D eigenvalue weighted by Crippen LogP contribution is -2.46. The highest BCUT2D eigenvalue weighted by atomic mass is 35.5. The Morgan fingerprint density at radius 2 is 1.87 bits per heavy atom. The van der Waals surface area contributed by atoms with Gasteiger partial charge < -0.3 is 14.6 Å². The summed E-state index contributed by atoms with van der Waals surface area (Å²) in [4.78, 5) is 37.3. The molecule has 2 fully saturated rings. The van der Waals surface area contributed by atoms with Gasteiger partial charge in [-0.25, -0.2) is 19.2 Å². The van der Waals surface area contributed by atoms with Crippen molar-refractivity contribution in [2.45, 2.75) is 77.9 Å². The average Bonchev–Trinajstić information content (AvgIpc) is 3.71. The Hall–Kier alpha value is -3.53. The summed E-state index contributed by atoms with van der Waals surface area (Å²) >= 11 is 12.3. The van der Waals surface area contributed by atoms with Crippen molar-refractivity contribution >= 4 is 51.8 Å². The number of esters is 1. The lowest BCUT2D eigenvalue weighted by atomic mass is 9.90. The van der Waals surface area contributed by atoms with Crippen LogP contribution in [-0.4, -0.2) is 57.0 Å². The third-order valence-electron chi connectivity index (χ3n) is 8.99. The lowest BCUT2D eigenvalue weighted by Gasteiger charge is -2.31. The number of carbonyl (C=O) groups is 2. The number of fused-ring (bicyclic) bond motifs is 1. The molecule has 2 aliphatic rings. The molecule has 1 amide bonds. The molecule has 1 saturated carbocycles. The number of anilines is 1. The SMILES string of the molecule is CC.COC(=O)c1ccc2c(nc(C)n2CC[C@H]2CC(c3ccnc(Cl)c3F)[C@H](C(=O)Nc3cccc(Cl)c3)N2CC2CC2)c1C. The van der Waals surface area contributed by atoms with E-state index in [2.05, 4.69) is 19.8 Å². The van der Waals surface area contributed by atoms with Crippen LogP contribution in [0.2, 0.25) is 10.2 Å². The van der Waals surface area contributed by atoms with Gasteiger partial charge in [0.25, 0.3) is 0 Å². The van der Waals surface area contributed by atoms with Crippen LogP contribution in [0.4, 0.5) is 10.1 Å². The van der Waals surface area contributed by atoms with E-state index in [9.17, 15) is 9.59 Å². The molecule has 6 rings (SSSR count). The Kier molecular flexibility index (Phi) is 10.7. The van der Waals surface area contributed by atoms with Gasteiger partial charge in [-0.1, -0.05) is 43.1 Å². The van der Waals surface area contributed by atoms with Crippen LogP contribution in [0.3, 0.4) is 0 Å². The highest BCUT2D eigenvalue weighted by molar-refractivity contribution is 6.31. The second kappa shape index (κ2) is 14.5. The minimum atomic E-state index is -0.613. The summed E-state index contributed by atoms with van der Waals surface area (Å²) in [6, 6.07) is 11.7. The highest BCUT2D eigenvalue weighted by Gasteiger charge is 2.48. The number of ether oxygens (including phenoxy) is 1.